The second-order valence-electron chi connectivity index (χ2n) is 2.46. The first-order valence-corrected chi connectivity index (χ1v) is 4.79. The third kappa shape index (κ3) is 29.4. The number of esters is 2. The van der Waals surface area contributed by atoms with Gasteiger partial charge in [0.05, 0.1) is 14.2 Å². The van der Waals surface area contributed by atoms with Crippen molar-refractivity contribution in [2.75, 3.05) is 14.2 Å². The summed E-state index contributed by atoms with van der Waals surface area (Å²) in [6.07, 6.45) is 3.34. The highest BCUT2D eigenvalue weighted by Gasteiger charge is 1.88. The Morgan fingerprint density at radius 1 is 0.800 bits per heavy atom. The first-order valence-electron chi connectivity index (χ1n) is 4.79. The fourth-order valence-electron chi connectivity index (χ4n) is 0.309. The van der Waals surface area contributed by atoms with Crippen molar-refractivity contribution in [2.45, 2.75) is 0 Å². The molecule has 0 saturated heterocycles. The number of methoxy groups -OCH3 is 2. The molecule has 2 N–H and O–H groups in total. The first-order chi connectivity index (χ1) is 9.24. The van der Waals surface area contributed by atoms with Crippen LogP contribution < -0.4 is 0 Å². The Bertz CT molecular complexity index is 345. The van der Waals surface area contributed by atoms with Gasteiger partial charge in [0.15, 0.2) is 0 Å². The lowest BCUT2D eigenvalue weighted by Gasteiger charge is -1.83. The Morgan fingerprint density at radius 2 is 1.05 bits per heavy atom. The van der Waals surface area contributed by atoms with Crippen molar-refractivity contribution < 1.29 is 38.9 Å². The van der Waals surface area contributed by atoms with E-state index in [1.807, 2.05) is 0 Å². The molecule has 0 amide bonds. The number of aliphatic carboxylic acids is 2. The highest BCUT2D eigenvalue weighted by molar-refractivity contribution is 5.89. The molecule has 0 unspecified atom stereocenters. The summed E-state index contributed by atoms with van der Waals surface area (Å²) in [5.41, 5.74) is 0. The van der Waals surface area contributed by atoms with Gasteiger partial charge in [0.25, 0.3) is 0 Å². The van der Waals surface area contributed by atoms with Gasteiger partial charge in [-0.15, -0.1) is 0 Å². The van der Waals surface area contributed by atoms with Crippen LogP contribution in [0.4, 0.5) is 0 Å². The zero-order valence-electron chi connectivity index (χ0n) is 11.1. The molecular weight excluding hydrogens is 272 g/mol. The van der Waals surface area contributed by atoms with E-state index in [4.69, 9.17) is 10.2 Å². The van der Waals surface area contributed by atoms with E-state index in [1.165, 1.54) is 14.2 Å². The minimum atomic E-state index is -1.26. The average molecular weight is 288 g/mol. The van der Waals surface area contributed by atoms with Crippen LogP contribution in [0, 0.1) is 0 Å². The number of ether oxygens (including phenoxy) is 2. The van der Waals surface area contributed by atoms with Crippen LogP contribution in [0.15, 0.2) is 37.5 Å². The van der Waals surface area contributed by atoms with Crippen LogP contribution in [0.2, 0.25) is 0 Å². The summed E-state index contributed by atoms with van der Waals surface area (Å²) in [6.45, 7) is 6.31. The van der Waals surface area contributed by atoms with E-state index in [2.05, 4.69) is 22.6 Å². The van der Waals surface area contributed by atoms with Gasteiger partial charge in [-0.2, -0.15) is 0 Å². The zero-order valence-corrected chi connectivity index (χ0v) is 11.1. The third-order valence-corrected chi connectivity index (χ3v) is 1.10. The average Bonchev–Trinajstić information content (AvgIpc) is 2.44. The number of hydrogen-bond acceptors (Lipinski definition) is 6. The molecule has 0 spiro atoms. The topological polar surface area (TPSA) is 127 Å². The molecule has 0 radical (unpaired) electrons. The highest BCUT2D eigenvalue weighted by atomic mass is 16.5. The lowest BCUT2D eigenvalue weighted by molar-refractivity contribution is -0.135. The van der Waals surface area contributed by atoms with Crippen molar-refractivity contribution in [2.24, 2.45) is 0 Å². The third-order valence-electron chi connectivity index (χ3n) is 1.10. The fourth-order valence-corrected chi connectivity index (χ4v) is 0.309. The van der Waals surface area contributed by atoms with Gasteiger partial charge >= 0.3 is 23.9 Å². The van der Waals surface area contributed by atoms with Crippen LogP contribution in [-0.4, -0.2) is 48.3 Å². The Morgan fingerprint density at radius 3 is 1.10 bits per heavy atom. The van der Waals surface area contributed by atoms with Crippen LogP contribution >= 0.6 is 0 Å². The number of hydrogen-bond donors (Lipinski definition) is 2. The molecule has 0 heterocycles. The maximum Gasteiger partial charge on any atom is 0.329 e. The molecule has 112 valence electrons. The molecule has 0 fully saturated rings. The summed E-state index contributed by atoms with van der Waals surface area (Å²) in [4.78, 5) is 38.8. The molecule has 0 saturated carbocycles. The zero-order chi connectivity index (χ0) is 16.6. The summed E-state index contributed by atoms with van der Waals surface area (Å²) in [6, 6.07) is 0. The second-order valence-corrected chi connectivity index (χ2v) is 2.46. The van der Waals surface area contributed by atoms with Gasteiger partial charge in [0.2, 0.25) is 0 Å². The van der Waals surface area contributed by atoms with Crippen molar-refractivity contribution >= 4 is 23.9 Å². The van der Waals surface area contributed by atoms with Gasteiger partial charge in [0, 0.05) is 24.3 Å². The lowest BCUT2D eigenvalue weighted by Crippen LogP contribution is -1.91. The maximum atomic E-state index is 9.84. The Hall–Kier alpha value is -2.90. The van der Waals surface area contributed by atoms with Gasteiger partial charge in [-0.25, -0.2) is 19.2 Å². The second kappa shape index (κ2) is 16.1. The molecule has 8 nitrogen and oxygen atoms in total. The van der Waals surface area contributed by atoms with Crippen LogP contribution in [0.3, 0.4) is 0 Å². The SMILES string of the molecule is C=CC(=O)OC.C=CC(=O)OC.O=C(O)/C=C\C(=O)O. The molecule has 0 atom stereocenters. The minimum Gasteiger partial charge on any atom is -0.478 e. The molecule has 0 aromatic carbocycles. The summed E-state index contributed by atoms with van der Waals surface area (Å²) >= 11 is 0. The molecule has 20 heavy (non-hydrogen) atoms. The number of carboxylic acid groups (broad SMARTS) is 2. The molecular formula is C12H16O8. The van der Waals surface area contributed by atoms with Gasteiger partial charge in [0.1, 0.15) is 0 Å². The molecule has 0 rings (SSSR count). The minimum absolute atomic E-state index is 0.394. The number of carbonyl (C=O) groups is 4. The molecule has 0 aromatic rings. The summed E-state index contributed by atoms with van der Waals surface area (Å²) in [5.74, 6) is -3.30. The summed E-state index contributed by atoms with van der Waals surface area (Å²) < 4.78 is 8.28. The van der Waals surface area contributed by atoms with E-state index in [0.29, 0.717) is 12.2 Å². The Labute approximate surface area is 115 Å². The summed E-state index contributed by atoms with van der Waals surface area (Å²) in [7, 11) is 2.62. The number of carboxylic acids is 2. The fraction of sp³-hybridized carbons (Fsp3) is 0.167. The Balaban J connectivity index is -0.000000221. The number of carbonyl (C=O) groups excluding carboxylic acids is 2. The van der Waals surface area contributed by atoms with Crippen molar-refractivity contribution in [1.82, 2.24) is 0 Å². The molecule has 0 aliphatic rings. The van der Waals surface area contributed by atoms with Crippen LogP contribution in [0.1, 0.15) is 0 Å². The van der Waals surface area contributed by atoms with Gasteiger partial charge in [-0.05, 0) is 0 Å². The first kappa shape index (κ1) is 22.3. The standard InChI is InChI=1S/C4H4O4.2C4H6O2/c5-3(6)1-2-4(7)8;2*1-3-4(5)6-2/h1-2H,(H,5,6)(H,7,8);2*3H,1H2,2H3/b2-1-;;. The molecule has 0 aliphatic heterocycles. The quantitative estimate of drug-likeness (QED) is 0.562. The molecule has 0 aromatic heterocycles. The predicted octanol–water partition coefficient (Wildman–Crippen LogP) is 0.403. The monoisotopic (exact) mass is 288 g/mol. The van der Waals surface area contributed by atoms with Crippen molar-refractivity contribution in [3.8, 4) is 0 Å². The maximum absolute atomic E-state index is 9.84. The lowest BCUT2D eigenvalue weighted by atomic mass is 10.5. The van der Waals surface area contributed by atoms with Crippen LogP contribution in [0.5, 0.6) is 0 Å². The molecule has 0 bridgehead atoms. The van der Waals surface area contributed by atoms with Gasteiger partial charge < -0.3 is 19.7 Å². The van der Waals surface area contributed by atoms with E-state index < -0.39 is 23.9 Å². The van der Waals surface area contributed by atoms with Crippen molar-refractivity contribution in [1.29, 1.82) is 0 Å². The van der Waals surface area contributed by atoms with E-state index in [-0.39, 0.29) is 0 Å². The van der Waals surface area contributed by atoms with E-state index in [9.17, 15) is 19.2 Å². The Kier molecular flexibility index (Phi) is 17.9. The molecule has 0 aliphatic carbocycles. The van der Waals surface area contributed by atoms with Gasteiger partial charge in [-0.3, -0.25) is 0 Å². The molecule has 8 heteroatoms. The summed E-state index contributed by atoms with van der Waals surface area (Å²) in [5, 5.41) is 15.6. The van der Waals surface area contributed by atoms with Crippen LogP contribution in [-0.2, 0) is 28.7 Å². The predicted molar refractivity (Wildman–Crippen MR) is 68.8 cm³/mol. The van der Waals surface area contributed by atoms with Crippen LogP contribution in [0.25, 0.3) is 0 Å². The van der Waals surface area contributed by atoms with Crippen molar-refractivity contribution in [3.63, 3.8) is 0 Å². The normalized spacial score (nSPS) is 7.90. The number of rotatable bonds is 4. The van der Waals surface area contributed by atoms with E-state index in [0.717, 1.165) is 12.2 Å². The van der Waals surface area contributed by atoms with E-state index in [1.54, 1.807) is 0 Å². The van der Waals surface area contributed by atoms with E-state index >= 15 is 0 Å². The highest BCUT2D eigenvalue weighted by Crippen LogP contribution is 1.70. The van der Waals surface area contributed by atoms with Crippen molar-refractivity contribution in [3.05, 3.63) is 37.5 Å². The van der Waals surface area contributed by atoms with Gasteiger partial charge in [-0.1, -0.05) is 13.2 Å². The smallest absolute Gasteiger partial charge is 0.329 e. The largest absolute Gasteiger partial charge is 0.478 e.